The normalized spacial score (nSPS) is 14.1. The number of benzene rings is 2. The van der Waals surface area contributed by atoms with Crippen LogP contribution in [0.25, 0.3) is 0 Å². The van der Waals surface area contributed by atoms with Gasteiger partial charge in [-0.15, -0.1) is 0 Å². The third-order valence-electron chi connectivity index (χ3n) is 6.44. The predicted octanol–water partition coefficient (Wildman–Crippen LogP) is 5.79. The molecule has 0 radical (unpaired) electrons. The molecule has 0 fully saturated rings. The lowest BCUT2D eigenvalue weighted by atomic mass is 9.94. The second kappa shape index (κ2) is 12.6. The smallest absolute Gasteiger partial charge is 0.248 e. The van der Waals surface area contributed by atoms with E-state index in [-0.39, 0.29) is 34.8 Å². The van der Waals surface area contributed by atoms with Crippen LogP contribution >= 0.6 is 0 Å². The van der Waals surface area contributed by atoms with E-state index in [1.165, 1.54) is 6.07 Å². The quantitative estimate of drug-likeness (QED) is 0.287. The van der Waals surface area contributed by atoms with Gasteiger partial charge in [-0.3, -0.25) is 4.79 Å². The molecule has 210 valence electrons. The van der Waals surface area contributed by atoms with Crippen LogP contribution in [-0.2, 0) is 33.0 Å². The van der Waals surface area contributed by atoms with E-state index in [2.05, 4.69) is 4.90 Å². The van der Waals surface area contributed by atoms with E-state index in [1.54, 1.807) is 27.7 Å². The molecule has 9 heteroatoms. The van der Waals surface area contributed by atoms with Crippen molar-refractivity contribution < 1.29 is 21.6 Å². The molecule has 1 aliphatic rings. The van der Waals surface area contributed by atoms with Crippen LogP contribution in [0, 0.1) is 11.8 Å². The maximum Gasteiger partial charge on any atom is 0.248 e. The molecule has 0 atom stereocenters. The number of fused-ring (bicyclic) bond motifs is 1. The molecule has 0 aliphatic carbocycles. The van der Waals surface area contributed by atoms with Crippen LogP contribution in [0.3, 0.4) is 0 Å². The van der Waals surface area contributed by atoms with Gasteiger partial charge in [0, 0.05) is 25.1 Å². The van der Waals surface area contributed by atoms with Crippen LogP contribution in [0.4, 0.5) is 11.4 Å². The molecule has 0 amide bonds. The average Bonchev–Trinajstić information content (AvgIpc) is 2.81. The van der Waals surface area contributed by atoms with Crippen LogP contribution in [-0.4, -0.2) is 40.7 Å². The number of carbonyl (C=O) groups is 1. The first kappa shape index (κ1) is 30.2. The molecule has 0 N–H and O–H groups in total. The number of hydrogen-bond acceptors (Lipinski definition) is 6. The van der Waals surface area contributed by atoms with Gasteiger partial charge in [-0.25, -0.2) is 16.8 Å². The molecule has 2 aromatic carbocycles. The van der Waals surface area contributed by atoms with Crippen molar-refractivity contribution in [2.45, 2.75) is 73.3 Å². The van der Waals surface area contributed by atoms with Crippen molar-refractivity contribution >= 4 is 37.2 Å². The second-order valence-electron chi connectivity index (χ2n) is 11.1. The molecule has 3 rings (SSSR count). The van der Waals surface area contributed by atoms with Crippen LogP contribution in [0.15, 0.2) is 42.5 Å². The zero-order valence-electron chi connectivity index (χ0n) is 23.3. The predicted molar refractivity (Wildman–Crippen MR) is 156 cm³/mol. The molecule has 38 heavy (non-hydrogen) atoms. The summed E-state index contributed by atoms with van der Waals surface area (Å²) in [6.45, 7) is 10.2. The molecule has 1 aliphatic heterocycles. The average molecular weight is 563 g/mol. The first-order valence-corrected chi connectivity index (χ1v) is 16.8. The Bertz CT molecular complexity index is 1280. The fraction of sp³-hybridized carbons (Fsp3) is 0.552. The van der Waals surface area contributed by atoms with E-state index < -0.39 is 20.0 Å². The standard InChI is InChI=1S/C29H42N2O5S2/c1-6-7-15-28(32)26-17-25-14-11-16-30(19-24-12-9-8-10-13-24)29(25)27(18-26)31(37(33,34)20-22(2)3)38(35,36)21-23(4)5/h8-10,12-13,17-18,22-23H,6-7,11,14-16,19-21H2,1-5H3. The maximum absolute atomic E-state index is 13.8. The molecule has 0 spiro atoms. The van der Waals surface area contributed by atoms with E-state index in [0.29, 0.717) is 47.3 Å². The SMILES string of the molecule is CCCCC(=O)c1cc2c(c(N(S(=O)(=O)CC(C)C)S(=O)(=O)CC(C)C)c1)N(Cc1ccccc1)CCC2. The summed E-state index contributed by atoms with van der Waals surface area (Å²) in [7, 11) is -8.52. The molecular formula is C29H42N2O5S2. The summed E-state index contributed by atoms with van der Waals surface area (Å²) in [6, 6.07) is 13.2. The zero-order chi connectivity index (χ0) is 28.1. The number of nitrogens with zero attached hydrogens (tertiary/aromatic N) is 2. The number of carbonyl (C=O) groups excluding carboxylic acids is 1. The first-order valence-electron chi connectivity index (χ1n) is 13.6. The highest BCUT2D eigenvalue weighted by Gasteiger charge is 2.39. The minimum atomic E-state index is -4.26. The van der Waals surface area contributed by atoms with Gasteiger partial charge in [-0.2, -0.15) is 3.71 Å². The van der Waals surface area contributed by atoms with Crippen molar-refractivity contribution in [1.29, 1.82) is 0 Å². The molecule has 7 nitrogen and oxygen atoms in total. The van der Waals surface area contributed by atoms with Crippen molar-refractivity contribution in [2.75, 3.05) is 26.7 Å². The Morgan fingerprint density at radius 3 is 2.11 bits per heavy atom. The molecule has 0 aromatic heterocycles. The number of aryl methyl sites for hydroxylation is 1. The first-order chi connectivity index (χ1) is 17.9. The number of anilines is 2. The Kier molecular flexibility index (Phi) is 10.0. The van der Waals surface area contributed by atoms with E-state index in [4.69, 9.17) is 0 Å². The lowest BCUT2D eigenvalue weighted by Crippen LogP contribution is -2.43. The lowest BCUT2D eigenvalue weighted by Gasteiger charge is -2.37. The number of rotatable bonds is 13. The summed E-state index contributed by atoms with van der Waals surface area (Å²) < 4.78 is 55.9. The number of sulfonamides is 2. The number of Topliss-reactive ketones (excluding diaryl/α,β-unsaturated/α-hetero) is 1. The highest BCUT2D eigenvalue weighted by molar-refractivity contribution is 8.10. The Morgan fingerprint density at radius 2 is 1.55 bits per heavy atom. The minimum absolute atomic E-state index is 0.0827. The molecule has 0 saturated heterocycles. The van der Waals surface area contributed by atoms with Crippen LogP contribution in [0.1, 0.15) is 81.8 Å². The van der Waals surface area contributed by atoms with Gasteiger partial charge < -0.3 is 4.90 Å². The van der Waals surface area contributed by atoms with Crippen LogP contribution in [0.5, 0.6) is 0 Å². The van der Waals surface area contributed by atoms with E-state index >= 15 is 0 Å². The highest BCUT2D eigenvalue weighted by atomic mass is 32.3. The van der Waals surface area contributed by atoms with Crippen molar-refractivity contribution in [3.63, 3.8) is 0 Å². The lowest BCUT2D eigenvalue weighted by molar-refractivity contribution is 0.0979. The molecule has 0 saturated carbocycles. The monoisotopic (exact) mass is 562 g/mol. The van der Waals surface area contributed by atoms with E-state index in [0.717, 1.165) is 24.0 Å². The van der Waals surface area contributed by atoms with Gasteiger partial charge in [0.1, 0.15) is 0 Å². The fourth-order valence-corrected chi connectivity index (χ4v) is 9.58. The largest absolute Gasteiger partial charge is 0.365 e. The van der Waals surface area contributed by atoms with Crippen LogP contribution in [0.2, 0.25) is 0 Å². The van der Waals surface area contributed by atoms with Gasteiger partial charge in [-0.1, -0.05) is 71.4 Å². The molecule has 1 heterocycles. The Morgan fingerprint density at radius 1 is 0.947 bits per heavy atom. The Balaban J connectivity index is 2.30. The minimum Gasteiger partial charge on any atom is -0.365 e. The van der Waals surface area contributed by atoms with Crippen molar-refractivity contribution in [1.82, 2.24) is 0 Å². The Labute approximate surface area is 229 Å². The van der Waals surface area contributed by atoms with Crippen molar-refractivity contribution in [2.24, 2.45) is 11.8 Å². The summed E-state index contributed by atoms with van der Waals surface area (Å²) in [4.78, 5) is 15.2. The van der Waals surface area contributed by atoms with Gasteiger partial charge >= 0.3 is 0 Å². The summed E-state index contributed by atoms with van der Waals surface area (Å²) in [5.41, 5.74) is 2.90. The van der Waals surface area contributed by atoms with Crippen molar-refractivity contribution in [3.05, 3.63) is 59.2 Å². The molecule has 0 bridgehead atoms. The zero-order valence-corrected chi connectivity index (χ0v) is 24.9. The topological polar surface area (TPSA) is 91.8 Å². The molecular weight excluding hydrogens is 520 g/mol. The van der Waals surface area contributed by atoms with Gasteiger partial charge in [0.15, 0.2) is 5.78 Å². The highest BCUT2D eigenvalue weighted by Crippen LogP contribution is 2.42. The third kappa shape index (κ3) is 7.38. The molecule has 0 unspecified atom stereocenters. The van der Waals surface area contributed by atoms with Gasteiger partial charge in [0.25, 0.3) is 0 Å². The second-order valence-corrected chi connectivity index (χ2v) is 15.0. The van der Waals surface area contributed by atoms with Gasteiger partial charge in [0.2, 0.25) is 20.0 Å². The van der Waals surface area contributed by atoms with Crippen molar-refractivity contribution in [3.8, 4) is 0 Å². The van der Waals surface area contributed by atoms with Gasteiger partial charge in [0.05, 0.1) is 22.9 Å². The van der Waals surface area contributed by atoms with Gasteiger partial charge in [-0.05, 0) is 54.4 Å². The number of hydrogen-bond donors (Lipinski definition) is 0. The van der Waals surface area contributed by atoms with E-state index in [1.807, 2.05) is 43.3 Å². The number of unbranched alkanes of at least 4 members (excludes halogenated alkanes) is 1. The molecule has 2 aromatic rings. The fourth-order valence-electron chi connectivity index (χ4n) is 5.00. The summed E-state index contributed by atoms with van der Waals surface area (Å²) in [5, 5.41) is 0. The van der Waals surface area contributed by atoms with Crippen LogP contribution < -0.4 is 8.61 Å². The third-order valence-corrected chi connectivity index (χ3v) is 11.4. The number of ketones is 1. The summed E-state index contributed by atoms with van der Waals surface area (Å²) in [6.07, 6.45) is 3.37. The summed E-state index contributed by atoms with van der Waals surface area (Å²) in [5.74, 6) is -1.28. The van der Waals surface area contributed by atoms with E-state index in [9.17, 15) is 21.6 Å². The Hall–Kier alpha value is -2.39. The summed E-state index contributed by atoms with van der Waals surface area (Å²) >= 11 is 0. The maximum atomic E-state index is 13.8.